The minimum atomic E-state index is 0.0728. The Morgan fingerprint density at radius 3 is 1.39 bits per heavy atom. The molecule has 4 heterocycles. The van der Waals surface area contributed by atoms with Crippen LogP contribution in [0, 0.1) is 0 Å². The maximum Gasteiger partial charge on any atom is 0.252 e. The fourth-order valence-electron chi connectivity index (χ4n) is 9.61. The van der Waals surface area contributed by atoms with Crippen molar-refractivity contribution in [3.8, 4) is 11.1 Å². The highest BCUT2D eigenvalue weighted by atomic mass is 15.2. The summed E-state index contributed by atoms with van der Waals surface area (Å²) < 4.78 is 2.50. The predicted molar refractivity (Wildman–Crippen MR) is 229 cm³/mol. The number of rotatable bonds is 3. The first-order valence-electron chi connectivity index (χ1n) is 18.7. The van der Waals surface area contributed by atoms with Crippen molar-refractivity contribution in [3.63, 3.8) is 0 Å². The van der Waals surface area contributed by atoms with Gasteiger partial charge in [-0.15, -0.1) is 0 Å². The average molecular weight is 686 g/mol. The van der Waals surface area contributed by atoms with Gasteiger partial charge in [0.05, 0.1) is 16.6 Å². The van der Waals surface area contributed by atoms with Crippen LogP contribution in [-0.4, -0.2) is 11.1 Å². The van der Waals surface area contributed by atoms with Gasteiger partial charge in [-0.1, -0.05) is 133 Å². The second kappa shape index (κ2) is 11.2. The second-order valence-electron chi connectivity index (χ2n) is 14.5. The van der Waals surface area contributed by atoms with Crippen molar-refractivity contribution in [2.75, 3.05) is 9.80 Å². The lowest BCUT2D eigenvalue weighted by molar-refractivity contribution is 1.25. The summed E-state index contributed by atoms with van der Waals surface area (Å²) in [5.41, 5.74) is 17.2. The maximum absolute atomic E-state index is 2.50. The maximum atomic E-state index is 2.50. The summed E-state index contributed by atoms with van der Waals surface area (Å²) in [6, 6.07) is 71.5. The monoisotopic (exact) mass is 685 g/mol. The molecule has 0 atom stereocenters. The van der Waals surface area contributed by atoms with Crippen molar-refractivity contribution in [3.05, 3.63) is 194 Å². The fraction of sp³-hybridized carbons (Fsp3) is 0. The van der Waals surface area contributed by atoms with Gasteiger partial charge < -0.3 is 14.2 Å². The Bertz CT molecular complexity index is 3020. The van der Waals surface area contributed by atoms with E-state index in [-0.39, 0.29) is 6.71 Å². The van der Waals surface area contributed by atoms with Gasteiger partial charge in [0, 0.05) is 55.8 Å². The molecule has 2 aliphatic heterocycles. The van der Waals surface area contributed by atoms with Crippen LogP contribution in [0.1, 0.15) is 0 Å². The Kier molecular flexibility index (Phi) is 6.14. The van der Waals surface area contributed by atoms with Crippen LogP contribution in [0.25, 0.3) is 49.2 Å². The molecule has 3 nitrogen and oxygen atoms in total. The lowest BCUT2D eigenvalue weighted by atomic mass is 9.33. The van der Waals surface area contributed by atoms with Gasteiger partial charge in [0.25, 0.3) is 6.71 Å². The molecule has 0 bridgehead atoms. The fourth-order valence-corrected chi connectivity index (χ4v) is 9.61. The van der Waals surface area contributed by atoms with Crippen LogP contribution in [0.15, 0.2) is 194 Å². The molecule has 2 aliphatic rings. The summed E-state index contributed by atoms with van der Waals surface area (Å²) in [6.07, 6.45) is 0. The summed E-state index contributed by atoms with van der Waals surface area (Å²) in [4.78, 5) is 5.00. The lowest BCUT2D eigenvalue weighted by Gasteiger charge is -2.44. The molecule has 0 unspecified atom stereocenters. The molecule has 0 fully saturated rings. The van der Waals surface area contributed by atoms with Crippen LogP contribution in [-0.2, 0) is 0 Å². The standard InChI is InChI=1S/C50H32BN3/c1-3-17-34(18-4-1)52-44-29-15-11-25-40(44)51-41-26-12-16-30-45(41)53(35-19-5-2-6-20-35)47-32-33(31-46(52)49(47)51)48-39-24-10-14-28-43(39)54-42-27-13-9-22-37(42)36-21-7-8-23-38(36)50(48)54/h1-32H. The van der Waals surface area contributed by atoms with E-state index in [9.17, 15) is 0 Å². The molecule has 2 aromatic heterocycles. The molecule has 0 N–H and O–H groups in total. The van der Waals surface area contributed by atoms with Crippen molar-refractivity contribution in [2.24, 2.45) is 0 Å². The average Bonchev–Trinajstić information content (AvgIpc) is 3.60. The molecule has 10 aromatic rings. The smallest absolute Gasteiger partial charge is 0.252 e. The van der Waals surface area contributed by atoms with E-state index in [0.29, 0.717) is 0 Å². The molecule has 8 aromatic carbocycles. The van der Waals surface area contributed by atoms with E-state index in [1.165, 1.54) is 88.4 Å². The third-order valence-corrected chi connectivity index (χ3v) is 11.7. The second-order valence-corrected chi connectivity index (χ2v) is 14.5. The highest BCUT2D eigenvalue weighted by molar-refractivity contribution is 7.00. The Labute approximate surface area is 313 Å². The molecule has 250 valence electrons. The Morgan fingerprint density at radius 1 is 0.352 bits per heavy atom. The first-order valence-corrected chi connectivity index (χ1v) is 18.7. The summed E-state index contributed by atoms with van der Waals surface area (Å²) in [7, 11) is 0. The van der Waals surface area contributed by atoms with Crippen molar-refractivity contribution in [1.29, 1.82) is 0 Å². The van der Waals surface area contributed by atoms with E-state index in [1.54, 1.807) is 0 Å². The zero-order valence-corrected chi connectivity index (χ0v) is 29.4. The van der Waals surface area contributed by atoms with E-state index in [0.717, 1.165) is 11.4 Å². The first-order chi connectivity index (χ1) is 26.8. The van der Waals surface area contributed by atoms with E-state index in [4.69, 9.17) is 0 Å². The van der Waals surface area contributed by atoms with Crippen LogP contribution < -0.4 is 26.2 Å². The van der Waals surface area contributed by atoms with Crippen molar-refractivity contribution < 1.29 is 0 Å². The highest BCUT2D eigenvalue weighted by Gasteiger charge is 2.43. The molecular weight excluding hydrogens is 653 g/mol. The summed E-state index contributed by atoms with van der Waals surface area (Å²) in [5.74, 6) is 0. The largest absolute Gasteiger partial charge is 0.311 e. The predicted octanol–water partition coefficient (Wildman–Crippen LogP) is 11.1. The number of nitrogens with zero attached hydrogens (tertiary/aromatic N) is 3. The molecule has 12 rings (SSSR count). The molecule has 54 heavy (non-hydrogen) atoms. The van der Waals surface area contributed by atoms with Crippen LogP contribution in [0.4, 0.5) is 34.1 Å². The molecule has 0 radical (unpaired) electrons. The zero-order chi connectivity index (χ0) is 35.3. The number of hydrogen-bond donors (Lipinski definition) is 0. The summed E-state index contributed by atoms with van der Waals surface area (Å²) in [6.45, 7) is 0.0728. The number of pyridine rings is 1. The lowest BCUT2D eigenvalue weighted by Crippen LogP contribution is -2.61. The number of aromatic nitrogens is 1. The topological polar surface area (TPSA) is 10.9 Å². The summed E-state index contributed by atoms with van der Waals surface area (Å²) >= 11 is 0. The molecule has 0 amide bonds. The zero-order valence-electron chi connectivity index (χ0n) is 29.4. The normalized spacial score (nSPS) is 13.1. The SMILES string of the molecule is c1ccc(N2c3ccccc3B3c4ccccc4N(c4ccccc4)c4cc(-c5c6ccccc6n6c7ccccc7c7ccccc7c56)cc2c43)cc1. The quantitative estimate of drug-likeness (QED) is 0.135. The van der Waals surface area contributed by atoms with Gasteiger partial charge >= 0.3 is 0 Å². The van der Waals surface area contributed by atoms with Crippen LogP contribution in [0.3, 0.4) is 0 Å². The van der Waals surface area contributed by atoms with Gasteiger partial charge in [0.2, 0.25) is 0 Å². The van der Waals surface area contributed by atoms with Crippen molar-refractivity contribution in [1.82, 2.24) is 4.40 Å². The van der Waals surface area contributed by atoms with Gasteiger partial charge in [-0.3, -0.25) is 0 Å². The Hall–Kier alpha value is -7.04. The number of para-hydroxylation sites is 6. The Morgan fingerprint density at radius 2 is 0.796 bits per heavy atom. The van der Waals surface area contributed by atoms with E-state index in [1.807, 2.05) is 0 Å². The molecule has 0 aliphatic carbocycles. The first kappa shape index (κ1) is 29.5. The van der Waals surface area contributed by atoms with E-state index < -0.39 is 0 Å². The minimum absolute atomic E-state index is 0.0728. The number of hydrogen-bond acceptors (Lipinski definition) is 2. The van der Waals surface area contributed by atoms with E-state index >= 15 is 0 Å². The Balaban J connectivity index is 1.28. The molecule has 0 saturated heterocycles. The third-order valence-electron chi connectivity index (χ3n) is 11.7. The van der Waals surface area contributed by atoms with Gasteiger partial charge in [0.1, 0.15) is 0 Å². The summed E-state index contributed by atoms with van der Waals surface area (Å²) in [5, 5.41) is 5.02. The van der Waals surface area contributed by atoms with Gasteiger partial charge in [-0.25, -0.2) is 0 Å². The van der Waals surface area contributed by atoms with Gasteiger partial charge in [-0.05, 0) is 88.0 Å². The highest BCUT2D eigenvalue weighted by Crippen LogP contribution is 2.49. The van der Waals surface area contributed by atoms with Crippen molar-refractivity contribution >= 4 is 95.3 Å². The number of fused-ring (bicyclic) bond motifs is 12. The third kappa shape index (κ3) is 3.97. The molecule has 0 spiro atoms. The van der Waals surface area contributed by atoms with Gasteiger partial charge in [-0.2, -0.15) is 0 Å². The number of benzene rings is 8. The molecule has 0 saturated carbocycles. The van der Waals surface area contributed by atoms with Gasteiger partial charge in [0.15, 0.2) is 0 Å². The van der Waals surface area contributed by atoms with Crippen LogP contribution in [0.2, 0.25) is 0 Å². The minimum Gasteiger partial charge on any atom is -0.311 e. The van der Waals surface area contributed by atoms with Crippen LogP contribution in [0.5, 0.6) is 0 Å². The molecular formula is C50H32BN3. The van der Waals surface area contributed by atoms with Crippen molar-refractivity contribution in [2.45, 2.75) is 0 Å². The molecule has 4 heteroatoms. The van der Waals surface area contributed by atoms with E-state index in [2.05, 4.69) is 208 Å². The van der Waals surface area contributed by atoms with Crippen LogP contribution >= 0.6 is 0 Å². The number of anilines is 6.